The van der Waals surface area contributed by atoms with Crippen LogP contribution in [0.3, 0.4) is 0 Å². The van der Waals surface area contributed by atoms with E-state index in [0.717, 1.165) is 18.5 Å². The van der Waals surface area contributed by atoms with Crippen LogP contribution in [0.4, 0.5) is 0 Å². The molecule has 0 bridgehead atoms. The van der Waals surface area contributed by atoms with Gasteiger partial charge in [0.25, 0.3) is 0 Å². The molecule has 0 aromatic rings. The Morgan fingerprint density at radius 2 is 2.27 bits per heavy atom. The highest BCUT2D eigenvalue weighted by Crippen LogP contribution is 2.23. The summed E-state index contributed by atoms with van der Waals surface area (Å²) in [5, 5.41) is 0. The van der Waals surface area contributed by atoms with E-state index in [9.17, 15) is 0 Å². The van der Waals surface area contributed by atoms with Gasteiger partial charge in [-0.15, -0.1) is 0 Å². The number of hydrogen-bond donors (Lipinski definition) is 1. The molecule has 1 aliphatic heterocycles. The van der Waals surface area contributed by atoms with Gasteiger partial charge in [-0.1, -0.05) is 6.92 Å². The number of hydrogen-bond acceptors (Lipinski definition) is 2. The molecule has 0 spiro atoms. The summed E-state index contributed by atoms with van der Waals surface area (Å²) >= 11 is 0. The van der Waals surface area contributed by atoms with Crippen LogP contribution in [0.1, 0.15) is 26.2 Å². The standard InChI is InChI=1S/C9H20N2/c1-3-9-8(7-10)5-4-6-11(9)2/h8-9H,3-7,10H2,1-2H3/t8-,9-/m1/s1. The first kappa shape index (κ1) is 9.01. The number of rotatable bonds is 2. The molecule has 0 radical (unpaired) electrons. The first-order valence-electron chi connectivity index (χ1n) is 4.70. The van der Waals surface area contributed by atoms with Crippen molar-refractivity contribution in [1.29, 1.82) is 0 Å². The van der Waals surface area contributed by atoms with Crippen molar-refractivity contribution >= 4 is 0 Å². The molecule has 2 atom stereocenters. The normalized spacial score (nSPS) is 34.1. The summed E-state index contributed by atoms with van der Waals surface area (Å²) in [7, 11) is 2.22. The van der Waals surface area contributed by atoms with E-state index in [0.29, 0.717) is 0 Å². The lowest BCUT2D eigenvalue weighted by atomic mass is 9.88. The molecule has 1 aliphatic rings. The van der Waals surface area contributed by atoms with E-state index in [-0.39, 0.29) is 0 Å². The largest absolute Gasteiger partial charge is 0.330 e. The molecule has 1 rings (SSSR count). The molecular weight excluding hydrogens is 136 g/mol. The lowest BCUT2D eigenvalue weighted by molar-refractivity contribution is 0.121. The smallest absolute Gasteiger partial charge is 0.0130 e. The summed E-state index contributed by atoms with van der Waals surface area (Å²) in [6.45, 7) is 4.38. The average molecular weight is 156 g/mol. The molecule has 2 N–H and O–H groups in total. The first-order chi connectivity index (χ1) is 5.29. The highest BCUT2D eigenvalue weighted by atomic mass is 15.1. The minimum Gasteiger partial charge on any atom is -0.330 e. The maximum absolute atomic E-state index is 5.70. The Labute approximate surface area is 69.8 Å². The van der Waals surface area contributed by atoms with Gasteiger partial charge in [-0.25, -0.2) is 0 Å². The molecule has 2 heteroatoms. The zero-order chi connectivity index (χ0) is 8.27. The molecule has 1 fully saturated rings. The molecule has 0 aromatic heterocycles. The fraction of sp³-hybridized carbons (Fsp3) is 1.00. The van der Waals surface area contributed by atoms with Crippen LogP contribution in [-0.4, -0.2) is 31.1 Å². The van der Waals surface area contributed by atoms with E-state index in [2.05, 4.69) is 18.9 Å². The van der Waals surface area contributed by atoms with Gasteiger partial charge in [0.05, 0.1) is 0 Å². The van der Waals surface area contributed by atoms with Gasteiger partial charge in [0.1, 0.15) is 0 Å². The monoisotopic (exact) mass is 156 g/mol. The Kier molecular flexibility index (Phi) is 3.34. The van der Waals surface area contributed by atoms with Crippen LogP contribution in [0.25, 0.3) is 0 Å². The predicted molar refractivity (Wildman–Crippen MR) is 48.5 cm³/mol. The minimum absolute atomic E-state index is 0.744. The SMILES string of the molecule is CC[C@@H]1[C@@H](CN)CCCN1C. The zero-order valence-corrected chi connectivity index (χ0v) is 7.71. The molecule has 0 unspecified atom stereocenters. The molecule has 66 valence electrons. The Bertz CT molecular complexity index is 114. The molecule has 11 heavy (non-hydrogen) atoms. The maximum Gasteiger partial charge on any atom is 0.0130 e. The van der Waals surface area contributed by atoms with Gasteiger partial charge in [0.2, 0.25) is 0 Å². The second kappa shape index (κ2) is 4.07. The Balaban J connectivity index is 2.48. The van der Waals surface area contributed by atoms with E-state index in [1.54, 1.807) is 0 Å². The van der Waals surface area contributed by atoms with Crippen molar-refractivity contribution in [2.75, 3.05) is 20.1 Å². The topological polar surface area (TPSA) is 29.3 Å². The third-order valence-corrected chi connectivity index (χ3v) is 2.92. The van der Waals surface area contributed by atoms with Gasteiger partial charge in [0.15, 0.2) is 0 Å². The van der Waals surface area contributed by atoms with Crippen LogP contribution < -0.4 is 5.73 Å². The van der Waals surface area contributed by atoms with E-state index in [1.165, 1.54) is 25.8 Å². The molecular formula is C9H20N2. The van der Waals surface area contributed by atoms with E-state index < -0.39 is 0 Å². The van der Waals surface area contributed by atoms with Crippen LogP contribution >= 0.6 is 0 Å². The van der Waals surface area contributed by atoms with Crippen molar-refractivity contribution in [2.24, 2.45) is 11.7 Å². The van der Waals surface area contributed by atoms with Gasteiger partial charge >= 0.3 is 0 Å². The average Bonchev–Trinajstić information content (AvgIpc) is 2.04. The fourth-order valence-electron chi connectivity index (χ4n) is 2.24. The summed E-state index contributed by atoms with van der Waals surface area (Å²) in [5.41, 5.74) is 5.70. The Hall–Kier alpha value is -0.0800. The van der Waals surface area contributed by atoms with E-state index in [4.69, 9.17) is 5.73 Å². The minimum atomic E-state index is 0.744. The molecule has 0 aromatic carbocycles. The highest BCUT2D eigenvalue weighted by molar-refractivity contribution is 4.81. The van der Waals surface area contributed by atoms with Crippen molar-refractivity contribution in [3.63, 3.8) is 0 Å². The molecule has 0 saturated carbocycles. The highest BCUT2D eigenvalue weighted by Gasteiger charge is 2.25. The number of likely N-dealkylation sites (tertiary alicyclic amines) is 1. The maximum atomic E-state index is 5.70. The van der Waals surface area contributed by atoms with Crippen LogP contribution in [0.15, 0.2) is 0 Å². The molecule has 1 saturated heterocycles. The predicted octanol–water partition coefficient (Wildman–Crippen LogP) is 1.07. The lowest BCUT2D eigenvalue weighted by Crippen LogP contribution is -2.44. The third-order valence-electron chi connectivity index (χ3n) is 2.92. The quantitative estimate of drug-likeness (QED) is 0.648. The van der Waals surface area contributed by atoms with Gasteiger partial charge in [-0.2, -0.15) is 0 Å². The number of piperidine rings is 1. The zero-order valence-electron chi connectivity index (χ0n) is 7.71. The summed E-state index contributed by atoms with van der Waals surface area (Å²) in [6, 6.07) is 0.744. The van der Waals surface area contributed by atoms with E-state index in [1.807, 2.05) is 0 Å². The Morgan fingerprint density at radius 3 is 2.73 bits per heavy atom. The summed E-state index contributed by atoms with van der Waals surface area (Å²) in [4.78, 5) is 2.46. The van der Waals surface area contributed by atoms with Gasteiger partial charge in [0, 0.05) is 6.04 Å². The van der Waals surface area contributed by atoms with Crippen LogP contribution in [-0.2, 0) is 0 Å². The Morgan fingerprint density at radius 1 is 1.55 bits per heavy atom. The van der Waals surface area contributed by atoms with Crippen molar-refractivity contribution in [3.8, 4) is 0 Å². The fourth-order valence-corrected chi connectivity index (χ4v) is 2.24. The molecule has 1 heterocycles. The van der Waals surface area contributed by atoms with Crippen molar-refractivity contribution in [1.82, 2.24) is 4.90 Å². The molecule has 2 nitrogen and oxygen atoms in total. The van der Waals surface area contributed by atoms with Gasteiger partial charge in [-0.3, -0.25) is 0 Å². The number of nitrogens with zero attached hydrogens (tertiary/aromatic N) is 1. The van der Waals surface area contributed by atoms with E-state index >= 15 is 0 Å². The second-order valence-electron chi connectivity index (χ2n) is 3.59. The van der Waals surface area contributed by atoms with Crippen molar-refractivity contribution < 1.29 is 0 Å². The molecule has 0 amide bonds. The number of nitrogens with two attached hydrogens (primary N) is 1. The van der Waals surface area contributed by atoms with Gasteiger partial charge < -0.3 is 10.6 Å². The second-order valence-corrected chi connectivity index (χ2v) is 3.59. The molecule has 0 aliphatic carbocycles. The summed E-state index contributed by atoms with van der Waals surface area (Å²) in [5.74, 6) is 0.749. The van der Waals surface area contributed by atoms with Crippen LogP contribution in [0.5, 0.6) is 0 Å². The van der Waals surface area contributed by atoms with Gasteiger partial charge in [-0.05, 0) is 45.3 Å². The van der Waals surface area contributed by atoms with Crippen LogP contribution in [0.2, 0.25) is 0 Å². The summed E-state index contributed by atoms with van der Waals surface area (Å²) < 4.78 is 0. The van der Waals surface area contributed by atoms with Crippen LogP contribution in [0, 0.1) is 5.92 Å². The van der Waals surface area contributed by atoms with Crippen molar-refractivity contribution in [3.05, 3.63) is 0 Å². The lowest BCUT2D eigenvalue weighted by Gasteiger charge is -2.38. The first-order valence-corrected chi connectivity index (χ1v) is 4.70. The summed E-state index contributed by atoms with van der Waals surface area (Å²) in [6.07, 6.45) is 3.91. The van der Waals surface area contributed by atoms with Crippen molar-refractivity contribution in [2.45, 2.75) is 32.2 Å². The third kappa shape index (κ3) is 1.94.